The standard InChI is InChI=1S/C16H20N4O/c1-19-13-5-3-2-4-11(13)18-15(19)7-9-20-14-6-8-17-12(14)10-16(20)21/h2-5,12,14,17H,6-10H2,1H3/t12-,14-/m1/s1. The molecule has 2 atom stereocenters. The van der Waals surface area contributed by atoms with Gasteiger partial charge >= 0.3 is 0 Å². The molecule has 0 bridgehead atoms. The van der Waals surface area contributed by atoms with Gasteiger partial charge in [0.15, 0.2) is 0 Å². The molecular formula is C16H20N4O. The molecule has 1 amide bonds. The Labute approximate surface area is 123 Å². The van der Waals surface area contributed by atoms with Crippen molar-refractivity contribution < 1.29 is 4.79 Å². The zero-order chi connectivity index (χ0) is 14.4. The van der Waals surface area contributed by atoms with E-state index in [9.17, 15) is 4.79 Å². The van der Waals surface area contributed by atoms with Gasteiger partial charge in [-0.05, 0) is 25.1 Å². The van der Waals surface area contributed by atoms with Gasteiger partial charge in [0.05, 0.1) is 11.0 Å². The smallest absolute Gasteiger partial charge is 0.224 e. The van der Waals surface area contributed by atoms with Crippen LogP contribution >= 0.6 is 0 Å². The van der Waals surface area contributed by atoms with E-state index >= 15 is 0 Å². The molecule has 2 aromatic rings. The van der Waals surface area contributed by atoms with Gasteiger partial charge in [0.25, 0.3) is 0 Å². The predicted molar refractivity (Wildman–Crippen MR) is 80.9 cm³/mol. The molecule has 5 heteroatoms. The fraction of sp³-hybridized carbons (Fsp3) is 0.500. The van der Waals surface area contributed by atoms with Gasteiger partial charge < -0.3 is 14.8 Å². The average molecular weight is 284 g/mol. The van der Waals surface area contributed by atoms with Gasteiger partial charge in [-0.3, -0.25) is 4.79 Å². The molecule has 5 nitrogen and oxygen atoms in total. The number of hydrogen-bond donors (Lipinski definition) is 1. The summed E-state index contributed by atoms with van der Waals surface area (Å²) in [4.78, 5) is 18.9. The van der Waals surface area contributed by atoms with E-state index in [1.54, 1.807) is 0 Å². The fourth-order valence-corrected chi connectivity index (χ4v) is 3.76. The SMILES string of the molecule is Cn1c(CCN2C(=O)C[C@H]3NCC[C@H]32)nc2ccccc21. The highest BCUT2D eigenvalue weighted by Crippen LogP contribution is 2.26. The maximum Gasteiger partial charge on any atom is 0.224 e. The second-order valence-corrected chi connectivity index (χ2v) is 6.03. The first-order valence-corrected chi connectivity index (χ1v) is 7.67. The van der Waals surface area contributed by atoms with Crippen LogP contribution in [0.15, 0.2) is 24.3 Å². The van der Waals surface area contributed by atoms with Crippen LogP contribution < -0.4 is 5.32 Å². The number of fused-ring (bicyclic) bond motifs is 2. The molecule has 1 aromatic carbocycles. The van der Waals surface area contributed by atoms with E-state index < -0.39 is 0 Å². The molecular weight excluding hydrogens is 264 g/mol. The Bertz CT molecular complexity index is 693. The van der Waals surface area contributed by atoms with Gasteiger partial charge in [0.1, 0.15) is 5.82 Å². The third-order valence-electron chi connectivity index (χ3n) is 4.88. The van der Waals surface area contributed by atoms with Crippen LogP contribution in [0.4, 0.5) is 0 Å². The average Bonchev–Trinajstić information content (AvgIpc) is 3.12. The molecule has 21 heavy (non-hydrogen) atoms. The highest BCUT2D eigenvalue weighted by atomic mass is 16.2. The number of carbonyl (C=O) groups excluding carboxylic acids is 1. The number of para-hydroxylation sites is 2. The van der Waals surface area contributed by atoms with Crippen molar-refractivity contribution in [3.8, 4) is 0 Å². The Morgan fingerprint density at radius 3 is 3.10 bits per heavy atom. The molecule has 0 aliphatic carbocycles. The summed E-state index contributed by atoms with van der Waals surface area (Å²) in [7, 11) is 2.05. The molecule has 1 N–H and O–H groups in total. The Morgan fingerprint density at radius 2 is 2.24 bits per heavy atom. The molecule has 2 fully saturated rings. The van der Waals surface area contributed by atoms with Crippen molar-refractivity contribution in [2.75, 3.05) is 13.1 Å². The van der Waals surface area contributed by atoms with E-state index in [1.807, 2.05) is 18.2 Å². The van der Waals surface area contributed by atoms with Crippen LogP contribution in [-0.4, -0.2) is 45.5 Å². The van der Waals surface area contributed by atoms with E-state index in [0.29, 0.717) is 18.5 Å². The Morgan fingerprint density at radius 1 is 1.38 bits per heavy atom. The number of amides is 1. The predicted octanol–water partition coefficient (Wildman–Crippen LogP) is 1.08. The second-order valence-electron chi connectivity index (χ2n) is 6.03. The maximum atomic E-state index is 12.1. The lowest BCUT2D eigenvalue weighted by Crippen LogP contribution is -2.37. The number of benzene rings is 1. The number of imidazole rings is 1. The maximum absolute atomic E-state index is 12.1. The number of nitrogens with zero attached hydrogens (tertiary/aromatic N) is 3. The topological polar surface area (TPSA) is 50.2 Å². The van der Waals surface area contributed by atoms with Crippen molar-refractivity contribution in [1.82, 2.24) is 19.8 Å². The Kier molecular flexibility index (Phi) is 2.96. The number of nitrogens with one attached hydrogen (secondary N) is 1. The third-order valence-corrected chi connectivity index (χ3v) is 4.88. The van der Waals surface area contributed by atoms with Crippen molar-refractivity contribution in [1.29, 1.82) is 0 Å². The number of rotatable bonds is 3. The number of carbonyl (C=O) groups is 1. The van der Waals surface area contributed by atoms with Crippen LogP contribution in [0, 0.1) is 0 Å². The molecule has 2 aliphatic heterocycles. The summed E-state index contributed by atoms with van der Waals surface area (Å²) in [6.07, 6.45) is 2.56. The zero-order valence-corrected chi connectivity index (χ0v) is 12.2. The highest BCUT2D eigenvalue weighted by molar-refractivity contribution is 5.80. The van der Waals surface area contributed by atoms with Crippen molar-refractivity contribution >= 4 is 16.9 Å². The van der Waals surface area contributed by atoms with Crippen LogP contribution in [0.2, 0.25) is 0 Å². The van der Waals surface area contributed by atoms with Crippen molar-refractivity contribution in [2.24, 2.45) is 7.05 Å². The first-order chi connectivity index (χ1) is 10.2. The Hall–Kier alpha value is -1.88. The van der Waals surface area contributed by atoms with E-state index in [-0.39, 0.29) is 5.91 Å². The number of aromatic nitrogens is 2. The summed E-state index contributed by atoms with van der Waals surface area (Å²) in [6, 6.07) is 8.94. The first kappa shape index (κ1) is 12.8. The summed E-state index contributed by atoms with van der Waals surface area (Å²) in [5, 5.41) is 3.43. The summed E-state index contributed by atoms with van der Waals surface area (Å²) in [6.45, 7) is 1.81. The van der Waals surface area contributed by atoms with Gasteiger partial charge in [-0.1, -0.05) is 12.1 Å². The lowest BCUT2D eigenvalue weighted by molar-refractivity contribution is -0.129. The van der Waals surface area contributed by atoms with Crippen molar-refractivity contribution in [3.05, 3.63) is 30.1 Å². The summed E-state index contributed by atoms with van der Waals surface area (Å²) >= 11 is 0. The van der Waals surface area contributed by atoms with Gasteiger partial charge in [0.2, 0.25) is 5.91 Å². The fourth-order valence-electron chi connectivity index (χ4n) is 3.76. The first-order valence-electron chi connectivity index (χ1n) is 7.67. The molecule has 4 rings (SSSR count). The van der Waals surface area contributed by atoms with Crippen LogP contribution in [0.3, 0.4) is 0 Å². The van der Waals surface area contributed by atoms with Crippen LogP contribution in [0.1, 0.15) is 18.7 Å². The summed E-state index contributed by atoms with van der Waals surface area (Å²) in [5.74, 6) is 1.34. The molecule has 2 aliphatic rings. The zero-order valence-electron chi connectivity index (χ0n) is 12.2. The van der Waals surface area contributed by atoms with E-state index in [2.05, 4.69) is 27.9 Å². The number of likely N-dealkylation sites (tertiary alicyclic amines) is 1. The minimum Gasteiger partial charge on any atom is -0.338 e. The molecule has 0 spiro atoms. The van der Waals surface area contributed by atoms with Crippen LogP contribution in [-0.2, 0) is 18.3 Å². The normalized spacial score (nSPS) is 25.0. The largest absolute Gasteiger partial charge is 0.338 e. The lowest BCUT2D eigenvalue weighted by Gasteiger charge is -2.23. The van der Waals surface area contributed by atoms with E-state index in [0.717, 1.165) is 42.8 Å². The molecule has 0 radical (unpaired) electrons. The molecule has 0 saturated carbocycles. The summed E-state index contributed by atoms with van der Waals surface area (Å²) < 4.78 is 2.14. The van der Waals surface area contributed by atoms with E-state index in [1.165, 1.54) is 0 Å². The quantitative estimate of drug-likeness (QED) is 0.917. The third kappa shape index (κ3) is 2.03. The van der Waals surface area contributed by atoms with E-state index in [4.69, 9.17) is 4.98 Å². The summed E-state index contributed by atoms with van der Waals surface area (Å²) in [5.41, 5.74) is 2.18. The van der Waals surface area contributed by atoms with Crippen LogP contribution in [0.25, 0.3) is 11.0 Å². The number of aryl methyl sites for hydroxylation is 1. The van der Waals surface area contributed by atoms with Gasteiger partial charge in [-0.2, -0.15) is 0 Å². The molecule has 2 saturated heterocycles. The van der Waals surface area contributed by atoms with Crippen molar-refractivity contribution in [2.45, 2.75) is 31.3 Å². The van der Waals surface area contributed by atoms with Gasteiger partial charge in [-0.15, -0.1) is 0 Å². The molecule has 1 aromatic heterocycles. The highest BCUT2D eigenvalue weighted by Gasteiger charge is 2.41. The van der Waals surface area contributed by atoms with Crippen molar-refractivity contribution in [3.63, 3.8) is 0 Å². The van der Waals surface area contributed by atoms with Gasteiger partial charge in [-0.25, -0.2) is 4.98 Å². The minimum absolute atomic E-state index is 0.288. The Balaban J connectivity index is 1.53. The molecule has 3 heterocycles. The molecule has 0 unspecified atom stereocenters. The minimum atomic E-state index is 0.288. The lowest BCUT2D eigenvalue weighted by atomic mass is 10.1. The monoisotopic (exact) mass is 284 g/mol. The molecule has 110 valence electrons. The van der Waals surface area contributed by atoms with Gasteiger partial charge in [0, 0.05) is 38.5 Å². The second kappa shape index (κ2) is 4.84. The number of hydrogen-bond acceptors (Lipinski definition) is 3. The van der Waals surface area contributed by atoms with Crippen LogP contribution in [0.5, 0.6) is 0 Å².